The molecule has 3 aromatic rings. The predicted molar refractivity (Wildman–Crippen MR) is 155 cm³/mol. The van der Waals surface area contributed by atoms with Crippen molar-refractivity contribution in [2.45, 2.75) is 37.9 Å². The van der Waals surface area contributed by atoms with E-state index in [4.69, 9.17) is 4.74 Å². The average molecular weight is 546 g/mol. The number of nitrogens with one attached hydrogen (secondary N) is 2. The Balaban J connectivity index is 0.00000272. The van der Waals surface area contributed by atoms with Crippen molar-refractivity contribution in [1.82, 2.24) is 10.6 Å². The summed E-state index contributed by atoms with van der Waals surface area (Å²) < 4.78 is 19.0. The van der Waals surface area contributed by atoms with Crippen LogP contribution in [0.25, 0.3) is 11.1 Å². The van der Waals surface area contributed by atoms with Crippen LogP contribution in [-0.2, 0) is 0 Å². The summed E-state index contributed by atoms with van der Waals surface area (Å²) in [5, 5.41) is 7.53. The molecule has 8 heteroatoms. The number of methoxy groups -OCH3 is 1. The molecule has 4 rings (SSSR count). The van der Waals surface area contributed by atoms with E-state index in [0.29, 0.717) is 6.04 Å². The first-order valence-corrected chi connectivity index (χ1v) is 10.6. The molecule has 1 saturated heterocycles. The van der Waals surface area contributed by atoms with Crippen molar-refractivity contribution in [2.75, 3.05) is 13.7 Å². The highest BCUT2D eigenvalue weighted by molar-refractivity contribution is 7.59. The van der Waals surface area contributed by atoms with Crippen molar-refractivity contribution in [3.05, 3.63) is 89.7 Å². The second kappa shape index (κ2) is 15.6. The maximum absolute atomic E-state index is 13.3. The molecule has 0 unspecified atom stereocenters. The van der Waals surface area contributed by atoms with Crippen molar-refractivity contribution in [2.24, 2.45) is 0 Å². The summed E-state index contributed by atoms with van der Waals surface area (Å²) in [4.78, 5) is 0. The quantitative estimate of drug-likeness (QED) is 0.361. The van der Waals surface area contributed by atoms with E-state index in [2.05, 4.69) is 54.0 Å². The van der Waals surface area contributed by atoms with Gasteiger partial charge in [-0.05, 0) is 67.3 Å². The second-order valence-corrected chi connectivity index (χ2v) is 7.94. The number of halogens is 3. The summed E-state index contributed by atoms with van der Waals surface area (Å²) in [6, 6.07) is 24.2. The molecule has 188 valence electrons. The van der Waals surface area contributed by atoms with Gasteiger partial charge in [-0.2, -0.15) is 27.0 Å². The van der Waals surface area contributed by atoms with Gasteiger partial charge in [0.15, 0.2) is 0 Å². The van der Waals surface area contributed by atoms with E-state index in [0.717, 1.165) is 41.8 Å². The lowest BCUT2D eigenvalue weighted by Gasteiger charge is -2.36. The van der Waals surface area contributed by atoms with E-state index < -0.39 is 0 Å². The van der Waals surface area contributed by atoms with Crippen molar-refractivity contribution >= 4 is 51.8 Å². The fraction of sp³-hybridized carbons (Fsp3) is 0.308. The van der Waals surface area contributed by atoms with Crippen LogP contribution in [0.3, 0.4) is 0 Å². The smallest absolute Gasteiger partial charge is 0.123 e. The third kappa shape index (κ3) is 7.80. The number of hydrogen-bond donors (Lipinski definition) is 2. The molecular weight excluding hydrogens is 510 g/mol. The van der Waals surface area contributed by atoms with Gasteiger partial charge >= 0.3 is 0 Å². The van der Waals surface area contributed by atoms with Gasteiger partial charge in [0, 0.05) is 23.7 Å². The Bertz CT molecular complexity index is 980. The number of hydrogen-bond acceptors (Lipinski definition) is 3. The monoisotopic (exact) mass is 544 g/mol. The fourth-order valence-electron chi connectivity index (χ4n) is 4.38. The lowest BCUT2D eigenvalue weighted by molar-refractivity contribution is 0.284. The van der Waals surface area contributed by atoms with Gasteiger partial charge in [-0.3, -0.25) is 0 Å². The Kier molecular flexibility index (Phi) is 14.9. The second-order valence-electron chi connectivity index (χ2n) is 7.94. The molecule has 0 radical (unpaired) electrons. The highest BCUT2D eigenvalue weighted by Gasteiger charge is 2.28. The van der Waals surface area contributed by atoms with Crippen LogP contribution in [0, 0.1) is 5.82 Å². The Morgan fingerprint density at radius 2 is 1.59 bits per heavy atom. The summed E-state index contributed by atoms with van der Waals surface area (Å²) in [5.74, 6) is 0.639. The zero-order valence-electron chi connectivity index (χ0n) is 19.4. The largest absolute Gasteiger partial charge is 0.496 e. The molecule has 3 aromatic carbocycles. The highest BCUT2D eigenvalue weighted by Crippen LogP contribution is 2.33. The predicted octanol–water partition coefficient (Wildman–Crippen LogP) is 6.71. The molecular formula is C26H35Cl2FN2OS2. The summed E-state index contributed by atoms with van der Waals surface area (Å²) in [7, 11) is 1.71. The molecule has 3 atom stereocenters. The van der Waals surface area contributed by atoms with E-state index >= 15 is 0 Å². The van der Waals surface area contributed by atoms with E-state index in [1.807, 2.05) is 24.3 Å². The lowest BCUT2D eigenvalue weighted by Crippen LogP contribution is -2.46. The van der Waals surface area contributed by atoms with Gasteiger partial charge in [0.05, 0.1) is 7.11 Å². The minimum Gasteiger partial charge on any atom is -0.496 e. The minimum atomic E-state index is -0.223. The third-order valence-corrected chi connectivity index (χ3v) is 5.96. The summed E-state index contributed by atoms with van der Waals surface area (Å²) >= 11 is 0. The van der Waals surface area contributed by atoms with E-state index in [1.165, 1.54) is 17.7 Å². The number of ether oxygens (including phenoxy) is 1. The maximum atomic E-state index is 13.3. The molecule has 0 spiro atoms. The fourth-order valence-corrected chi connectivity index (χ4v) is 4.38. The van der Waals surface area contributed by atoms with Gasteiger partial charge in [-0.1, -0.05) is 48.5 Å². The van der Waals surface area contributed by atoms with Crippen molar-refractivity contribution in [3.63, 3.8) is 0 Å². The lowest BCUT2D eigenvalue weighted by atomic mass is 9.90. The van der Waals surface area contributed by atoms with Crippen LogP contribution in [0.2, 0.25) is 0 Å². The topological polar surface area (TPSA) is 33.3 Å². The molecule has 1 fully saturated rings. The first-order chi connectivity index (χ1) is 14.7. The first kappa shape index (κ1) is 32.6. The molecule has 3 nitrogen and oxygen atoms in total. The van der Waals surface area contributed by atoms with Gasteiger partial charge in [0.2, 0.25) is 0 Å². The van der Waals surface area contributed by atoms with Crippen LogP contribution >= 0.6 is 51.8 Å². The number of piperidine rings is 1. The van der Waals surface area contributed by atoms with Crippen LogP contribution in [0.4, 0.5) is 4.39 Å². The van der Waals surface area contributed by atoms with Crippen LogP contribution in [0.1, 0.15) is 43.0 Å². The summed E-state index contributed by atoms with van der Waals surface area (Å²) in [6.07, 6.45) is 2.28. The van der Waals surface area contributed by atoms with Crippen LogP contribution in [-0.4, -0.2) is 19.7 Å². The maximum Gasteiger partial charge on any atom is 0.123 e. The first-order valence-electron chi connectivity index (χ1n) is 10.6. The van der Waals surface area contributed by atoms with Crippen LogP contribution in [0.5, 0.6) is 5.75 Å². The SMILES string of the molecule is COc1ccc(-c2ccc(F)cc2)cc1[C@@H](C)N[C@H]1CCCN[C@H]1c1ccccc1.Cl.Cl.S.S. The molecule has 0 saturated carbocycles. The summed E-state index contributed by atoms with van der Waals surface area (Å²) in [6.45, 7) is 3.22. The van der Waals surface area contributed by atoms with E-state index in [9.17, 15) is 4.39 Å². The van der Waals surface area contributed by atoms with E-state index in [-0.39, 0.29) is 69.7 Å². The Morgan fingerprint density at radius 3 is 2.24 bits per heavy atom. The highest BCUT2D eigenvalue weighted by atomic mass is 35.5. The third-order valence-electron chi connectivity index (χ3n) is 5.96. The zero-order valence-corrected chi connectivity index (χ0v) is 23.0. The molecule has 2 N–H and O–H groups in total. The van der Waals surface area contributed by atoms with Crippen molar-refractivity contribution in [1.29, 1.82) is 0 Å². The van der Waals surface area contributed by atoms with Crippen molar-refractivity contribution in [3.8, 4) is 16.9 Å². The number of rotatable bonds is 6. The standard InChI is InChI=1S/C26H29FN2O.2ClH.2H2S/c1-18(29-24-9-6-16-28-26(24)20-7-4-3-5-8-20)23-17-21(12-15-25(23)30-2)19-10-13-22(27)14-11-19;;;;/h3-5,7-8,10-15,17-18,24,26,28-29H,6,9,16H2,1-2H3;2*1H;2*1H2/t18-,24+,26+;;;;/m1..../s1. The van der Waals surface area contributed by atoms with Gasteiger partial charge in [0.1, 0.15) is 11.6 Å². The Morgan fingerprint density at radius 1 is 0.941 bits per heavy atom. The Labute approximate surface area is 229 Å². The molecule has 1 aliphatic heterocycles. The van der Waals surface area contributed by atoms with Gasteiger partial charge in [0.25, 0.3) is 0 Å². The molecule has 0 aromatic heterocycles. The van der Waals surface area contributed by atoms with Crippen LogP contribution < -0.4 is 15.4 Å². The zero-order chi connectivity index (χ0) is 20.9. The van der Waals surface area contributed by atoms with E-state index in [1.54, 1.807) is 7.11 Å². The van der Waals surface area contributed by atoms with Gasteiger partial charge < -0.3 is 15.4 Å². The van der Waals surface area contributed by atoms with Crippen molar-refractivity contribution < 1.29 is 9.13 Å². The summed E-state index contributed by atoms with van der Waals surface area (Å²) in [5.41, 5.74) is 4.47. The molecule has 1 aliphatic rings. The molecule has 1 heterocycles. The van der Waals surface area contributed by atoms with Gasteiger partial charge in [-0.15, -0.1) is 24.8 Å². The van der Waals surface area contributed by atoms with Crippen LogP contribution in [0.15, 0.2) is 72.8 Å². The normalized spacial score (nSPS) is 17.6. The average Bonchev–Trinajstić information content (AvgIpc) is 2.80. The molecule has 34 heavy (non-hydrogen) atoms. The molecule has 0 bridgehead atoms. The Hall–Kier alpha value is -1.41. The number of benzene rings is 3. The minimum absolute atomic E-state index is 0. The van der Waals surface area contributed by atoms with Gasteiger partial charge in [-0.25, -0.2) is 4.39 Å². The molecule has 0 amide bonds. The molecule has 0 aliphatic carbocycles.